The summed E-state index contributed by atoms with van der Waals surface area (Å²) in [6.07, 6.45) is 63.3. The van der Waals surface area contributed by atoms with Crippen molar-refractivity contribution in [2.45, 2.75) is 297 Å². The van der Waals surface area contributed by atoms with Crippen LogP contribution in [0.15, 0.2) is 12.2 Å². The Hall–Kier alpha value is -0.790. The summed E-state index contributed by atoms with van der Waals surface area (Å²) in [4.78, 5) is 12.1. The number of carbonyl (C=O) groups excluding carboxylic acids is 1. The first-order chi connectivity index (χ1) is 26.2. The van der Waals surface area contributed by atoms with Crippen molar-refractivity contribution in [2.24, 2.45) is 5.92 Å². The van der Waals surface area contributed by atoms with E-state index in [1.807, 2.05) is 0 Å². The van der Waals surface area contributed by atoms with Gasteiger partial charge in [-0.3, -0.25) is 4.79 Å². The molecule has 0 spiro atoms. The Labute approximate surface area is 336 Å². The van der Waals surface area contributed by atoms with E-state index in [1.54, 1.807) is 0 Å². The lowest BCUT2D eigenvalue weighted by Crippen LogP contribution is -2.05. The topological polar surface area (TPSA) is 26.3 Å². The summed E-state index contributed by atoms with van der Waals surface area (Å²) in [7, 11) is 0. The first-order valence-electron chi connectivity index (χ1n) is 25.0. The lowest BCUT2D eigenvalue weighted by atomic mass is 9.99. The van der Waals surface area contributed by atoms with Crippen molar-refractivity contribution < 1.29 is 9.53 Å². The second kappa shape index (κ2) is 47.4. The molecule has 53 heavy (non-hydrogen) atoms. The van der Waals surface area contributed by atoms with E-state index in [1.165, 1.54) is 257 Å². The summed E-state index contributed by atoms with van der Waals surface area (Å²) in [5, 5.41) is 0. The summed E-state index contributed by atoms with van der Waals surface area (Å²) in [5.41, 5.74) is 0. The van der Waals surface area contributed by atoms with Crippen molar-refractivity contribution >= 4 is 5.97 Å². The van der Waals surface area contributed by atoms with Crippen LogP contribution >= 0.6 is 0 Å². The van der Waals surface area contributed by atoms with Gasteiger partial charge >= 0.3 is 5.97 Å². The van der Waals surface area contributed by atoms with Gasteiger partial charge in [-0.05, 0) is 44.4 Å². The van der Waals surface area contributed by atoms with Crippen LogP contribution in [0.25, 0.3) is 0 Å². The van der Waals surface area contributed by atoms with Gasteiger partial charge in [0.25, 0.3) is 0 Å². The maximum atomic E-state index is 12.1. The molecular formula is C51H100O2. The molecule has 0 rings (SSSR count). The highest BCUT2D eigenvalue weighted by molar-refractivity contribution is 5.69. The Kier molecular flexibility index (Phi) is 46.7. The first kappa shape index (κ1) is 52.2. The molecule has 316 valence electrons. The van der Waals surface area contributed by atoms with Gasteiger partial charge in [-0.1, -0.05) is 264 Å². The summed E-state index contributed by atoms with van der Waals surface area (Å²) in [5.74, 6) is 0.965. The molecule has 0 bridgehead atoms. The number of allylic oxidation sites excluding steroid dienone is 2. The smallest absolute Gasteiger partial charge is 0.305 e. The predicted molar refractivity (Wildman–Crippen MR) is 239 cm³/mol. The van der Waals surface area contributed by atoms with Gasteiger partial charge in [0.15, 0.2) is 0 Å². The number of hydrogen-bond donors (Lipinski definition) is 0. The Balaban J connectivity index is 3.17. The predicted octanol–water partition coefficient (Wildman–Crippen LogP) is 18.5. The SMILES string of the molecule is CCCCCCCC/C=C/CCCCCCCCCCCCCC(=O)OCCCCCCCCCCCCCCCCCCCCCCCC(C)CC. The van der Waals surface area contributed by atoms with Crippen LogP contribution in [0.3, 0.4) is 0 Å². The molecule has 0 N–H and O–H groups in total. The van der Waals surface area contributed by atoms with Gasteiger partial charge in [0.2, 0.25) is 0 Å². The summed E-state index contributed by atoms with van der Waals surface area (Å²) in [6, 6.07) is 0. The van der Waals surface area contributed by atoms with E-state index in [0.29, 0.717) is 13.0 Å². The second-order valence-electron chi connectivity index (χ2n) is 17.4. The highest BCUT2D eigenvalue weighted by Crippen LogP contribution is 2.18. The summed E-state index contributed by atoms with van der Waals surface area (Å²) in [6.45, 7) is 7.64. The Morgan fingerprint density at radius 2 is 0.698 bits per heavy atom. The molecule has 2 heteroatoms. The Morgan fingerprint density at radius 1 is 0.396 bits per heavy atom. The molecule has 0 aromatic heterocycles. The van der Waals surface area contributed by atoms with Crippen LogP contribution in [-0.2, 0) is 9.53 Å². The monoisotopic (exact) mass is 745 g/mol. The van der Waals surface area contributed by atoms with Crippen LogP contribution in [0.5, 0.6) is 0 Å². The number of unbranched alkanes of at least 4 members (excludes halogenated alkanes) is 37. The molecule has 0 heterocycles. The quantitative estimate of drug-likeness (QED) is 0.0352. The fourth-order valence-corrected chi connectivity index (χ4v) is 7.82. The average Bonchev–Trinajstić information content (AvgIpc) is 3.16. The summed E-state index contributed by atoms with van der Waals surface area (Å²) >= 11 is 0. The van der Waals surface area contributed by atoms with Crippen molar-refractivity contribution in [1.29, 1.82) is 0 Å². The van der Waals surface area contributed by atoms with E-state index in [9.17, 15) is 4.79 Å². The van der Waals surface area contributed by atoms with Crippen LogP contribution in [0.1, 0.15) is 297 Å². The number of esters is 1. The van der Waals surface area contributed by atoms with Crippen molar-refractivity contribution in [1.82, 2.24) is 0 Å². The molecule has 2 nitrogen and oxygen atoms in total. The van der Waals surface area contributed by atoms with E-state index < -0.39 is 0 Å². The third-order valence-corrected chi connectivity index (χ3v) is 11.9. The minimum Gasteiger partial charge on any atom is -0.466 e. The lowest BCUT2D eigenvalue weighted by molar-refractivity contribution is -0.143. The molecule has 0 aromatic rings. The largest absolute Gasteiger partial charge is 0.466 e. The van der Waals surface area contributed by atoms with E-state index in [0.717, 1.165) is 18.8 Å². The molecule has 0 saturated heterocycles. The molecule has 0 aliphatic rings. The third-order valence-electron chi connectivity index (χ3n) is 11.9. The average molecular weight is 745 g/mol. The Morgan fingerprint density at radius 3 is 1.06 bits per heavy atom. The standard InChI is InChI=1S/C51H100O2/c1-4-6-7-8-9-10-11-12-13-14-15-17-21-24-27-30-33-36-39-42-45-48-51(52)53-49-46-43-40-37-34-31-28-25-22-19-16-18-20-23-26-29-32-35-38-41-44-47-50(3)5-2/h12-13,50H,4-11,14-49H2,1-3H3/b13-12+. The number of carbonyl (C=O) groups is 1. The highest BCUT2D eigenvalue weighted by atomic mass is 16.5. The van der Waals surface area contributed by atoms with Gasteiger partial charge in [0.05, 0.1) is 6.61 Å². The third kappa shape index (κ3) is 47.3. The van der Waals surface area contributed by atoms with Crippen molar-refractivity contribution in [3.05, 3.63) is 12.2 Å². The van der Waals surface area contributed by atoms with Gasteiger partial charge in [0, 0.05) is 6.42 Å². The fraction of sp³-hybridized carbons (Fsp3) is 0.941. The molecule has 0 aliphatic heterocycles. The van der Waals surface area contributed by atoms with Gasteiger partial charge < -0.3 is 4.74 Å². The van der Waals surface area contributed by atoms with Crippen LogP contribution in [0.4, 0.5) is 0 Å². The van der Waals surface area contributed by atoms with Gasteiger partial charge in [0.1, 0.15) is 0 Å². The highest BCUT2D eigenvalue weighted by Gasteiger charge is 2.03. The molecule has 0 fully saturated rings. The van der Waals surface area contributed by atoms with Crippen LogP contribution < -0.4 is 0 Å². The molecule has 0 amide bonds. The fourth-order valence-electron chi connectivity index (χ4n) is 7.82. The van der Waals surface area contributed by atoms with Crippen molar-refractivity contribution in [3.8, 4) is 0 Å². The van der Waals surface area contributed by atoms with Crippen molar-refractivity contribution in [3.63, 3.8) is 0 Å². The zero-order chi connectivity index (χ0) is 38.4. The number of rotatable bonds is 46. The molecule has 0 aliphatic carbocycles. The molecule has 1 atom stereocenters. The van der Waals surface area contributed by atoms with E-state index in [-0.39, 0.29) is 5.97 Å². The zero-order valence-electron chi connectivity index (χ0n) is 37.2. The molecular weight excluding hydrogens is 645 g/mol. The van der Waals surface area contributed by atoms with Crippen molar-refractivity contribution in [2.75, 3.05) is 6.61 Å². The number of hydrogen-bond acceptors (Lipinski definition) is 2. The minimum absolute atomic E-state index is 0.0298. The van der Waals surface area contributed by atoms with Crippen LogP contribution in [0.2, 0.25) is 0 Å². The van der Waals surface area contributed by atoms with E-state index in [2.05, 4.69) is 32.9 Å². The van der Waals surface area contributed by atoms with E-state index >= 15 is 0 Å². The summed E-state index contributed by atoms with van der Waals surface area (Å²) < 4.78 is 5.50. The molecule has 0 saturated carbocycles. The minimum atomic E-state index is 0.0298. The molecule has 0 aromatic carbocycles. The van der Waals surface area contributed by atoms with Gasteiger partial charge in [-0.25, -0.2) is 0 Å². The van der Waals surface area contributed by atoms with Gasteiger partial charge in [-0.15, -0.1) is 0 Å². The molecule has 0 radical (unpaired) electrons. The first-order valence-corrected chi connectivity index (χ1v) is 25.0. The maximum Gasteiger partial charge on any atom is 0.305 e. The van der Waals surface area contributed by atoms with Crippen LogP contribution in [-0.4, -0.2) is 12.6 Å². The maximum absolute atomic E-state index is 12.1. The lowest BCUT2D eigenvalue weighted by Gasteiger charge is -2.07. The Bertz CT molecular complexity index is 698. The zero-order valence-corrected chi connectivity index (χ0v) is 37.2. The number of ether oxygens (including phenoxy) is 1. The van der Waals surface area contributed by atoms with Crippen LogP contribution in [0, 0.1) is 5.92 Å². The molecule has 1 unspecified atom stereocenters. The normalized spacial score (nSPS) is 12.3. The second-order valence-corrected chi connectivity index (χ2v) is 17.4. The van der Waals surface area contributed by atoms with Gasteiger partial charge in [-0.2, -0.15) is 0 Å². The van der Waals surface area contributed by atoms with E-state index in [4.69, 9.17) is 4.74 Å².